The van der Waals surface area contributed by atoms with Gasteiger partial charge < -0.3 is 15.3 Å². The fraction of sp³-hybridized carbons (Fsp3) is 0.632. The molecule has 0 spiro atoms. The van der Waals surface area contributed by atoms with Crippen LogP contribution in [0.5, 0.6) is 0 Å². The van der Waals surface area contributed by atoms with Crippen LogP contribution in [0.15, 0.2) is 24.3 Å². The molecular formula is C19H28N2O2. The summed E-state index contributed by atoms with van der Waals surface area (Å²) < 4.78 is 0. The van der Waals surface area contributed by atoms with Crippen molar-refractivity contribution in [3.05, 3.63) is 29.8 Å². The standard InChI is InChI=1S/C19H28N2O2/c1-14(10-15-7-8-15)20-18-6-2-5-17(11-18)19(23)21-9-3-4-16(12-21)13-22/h2,5-6,11,14-16,20,22H,3-4,7-10,12-13H2,1H3. The number of piperidine rings is 1. The fourth-order valence-electron chi connectivity index (χ4n) is 3.52. The molecule has 23 heavy (non-hydrogen) atoms. The monoisotopic (exact) mass is 316 g/mol. The summed E-state index contributed by atoms with van der Waals surface area (Å²) >= 11 is 0. The number of aliphatic hydroxyl groups is 1. The van der Waals surface area contributed by atoms with Crippen LogP contribution < -0.4 is 5.32 Å². The zero-order valence-electron chi connectivity index (χ0n) is 14.0. The number of nitrogens with zero attached hydrogens (tertiary/aromatic N) is 1. The van der Waals surface area contributed by atoms with E-state index in [0.717, 1.165) is 36.6 Å². The molecule has 1 saturated heterocycles. The lowest BCUT2D eigenvalue weighted by Crippen LogP contribution is -2.40. The van der Waals surface area contributed by atoms with E-state index in [-0.39, 0.29) is 18.4 Å². The molecule has 1 aliphatic carbocycles. The van der Waals surface area contributed by atoms with Crippen LogP contribution in [-0.2, 0) is 0 Å². The van der Waals surface area contributed by atoms with Crippen molar-refractivity contribution in [2.45, 2.75) is 45.1 Å². The third kappa shape index (κ3) is 4.47. The Balaban J connectivity index is 1.62. The van der Waals surface area contributed by atoms with Crippen molar-refractivity contribution in [3.8, 4) is 0 Å². The minimum absolute atomic E-state index is 0.0849. The summed E-state index contributed by atoms with van der Waals surface area (Å²) in [6.45, 7) is 3.85. The zero-order chi connectivity index (χ0) is 16.2. The topological polar surface area (TPSA) is 52.6 Å². The summed E-state index contributed by atoms with van der Waals surface area (Å²) in [4.78, 5) is 14.6. The van der Waals surface area contributed by atoms with Crippen LogP contribution in [0.1, 0.15) is 49.4 Å². The lowest BCUT2D eigenvalue weighted by molar-refractivity contribution is 0.0621. The minimum Gasteiger partial charge on any atom is -0.396 e. The first kappa shape index (κ1) is 16.3. The van der Waals surface area contributed by atoms with Crippen LogP contribution in [0.4, 0.5) is 5.69 Å². The number of hydrogen-bond donors (Lipinski definition) is 2. The van der Waals surface area contributed by atoms with E-state index in [1.165, 1.54) is 19.3 Å². The third-order valence-electron chi connectivity index (χ3n) is 4.97. The molecule has 1 amide bonds. The van der Waals surface area contributed by atoms with Gasteiger partial charge in [0.15, 0.2) is 0 Å². The summed E-state index contributed by atoms with van der Waals surface area (Å²) in [7, 11) is 0. The number of nitrogens with one attached hydrogen (secondary N) is 1. The van der Waals surface area contributed by atoms with E-state index in [1.807, 2.05) is 29.2 Å². The Labute approximate surface area is 138 Å². The number of aliphatic hydroxyl groups excluding tert-OH is 1. The molecule has 2 unspecified atom stereocenters. The molecule has 1 aromatic carbocycles. The number of likely N-dealkylation sites (tertiary alicyclic amines) is 1. The highest BCUT2D eigenvalue weighted by Gasteiger charge is 2.25. The molecule has 4 heteroatoms. The Morgan fingerprint density at radius 3 is 2.91 bits per heavy atom. The average molecular weight is 316 g/mol. The van der Waals surface area contributed by atoms with Gasteiger partial charge in [-0.2, -0.15) is 0 Å². The first-order valence-electron chi connectivity index (χ1n) is 8.92. The Morgan fingerprint density at radius 2 is 2.17 bits per heavy atom. The highest BCUT2D eigenvalue weighted by Crippen LogP contribution is 2.34. The van der Waals surface area contributed by atoms with Gasteiger partial charge >= 0.3 is 0 Å². The fourth-order valence-corrected chi connectivity index (χ4v) is 3.52. The van der Waals surface area contributed by atoms with E-state index in [0.29, 0.717) is 12.6 Å². The first-order valence-corrected chi connectivity index (χ1v) is 8.92. The van der Waals surface area contributed by atoms with Crippen molar-refractivity contribution >= 4 is 11.6 Å². The third-order valence-corrected chi connectivity index (χ3v) is 4.97. The Hall–Kier alpha value is -1.55. The molecule has 2 atom stereocenters. The van der Waals surface area contributed by atoms with Crippen molar-refractivity contribution in [1.82, 2.24) is 4.90 Å². The predicted octanol–water partition coefficient (Wildman–Crippen LogP) is 3.13. The van der Waals surface area contributed by atoms with Crippen LogP contribution in [0.25, 0.3) is 0 Å². The van der Waals surface area contributed by atoms with Gasteiger partial charge in [0.25, 0.3) is 5.91 Å². The SMILES string of the molecule is CC(CC1CC1)Nc1cccc(C(=O)N2CCCC(CO)C2)c1. The second kappa shape index (κ2) is 7.35. The number of amides is 1. The van der Waals surface area contributed by atoms with E-state index >= 15 is 0 Å². The van der Waals surface area contributed by atoms with Crippen molar-refractivity contribution in [3.63, 3.8) is 0 Å². The van der Waals surface area contributed by atoms with Crippen LogP contribution in [-0.4, -0.2) is 41.7 Å². The van der Waals surface area contributed by atoms with Crippen molar-refractivity contribution < 1.29 is 9.90 Å². The van der Waals surface area contributed by atoms with Gasteiger partial charge in [-0.3, -0.25) is 4.79 Å². The lowest BCUT2D eigenvalue weighted by atomic mass is 9.98. The van der Waals surface area contributed by atoms with Gasteiger partial charge in [-0.05, 0) is 56.2 Å². The first-order chi connectivity index (χ1) is 11.2. The maximum absolute atomic E-state index is 12.7. The number of rotatable bonds is 6. The molecule has 4 nitrogen and oxygen atoms in total. The minimum atomic E-state index is 0.0849. The summed E-state index contributed by atoms with van der Waals surface area (Å²) in [5.41, 5.74) is 1.77. The molecule has 3 rings (SSSR count). The molecule has 0 aromatic heterocycles. The van der Waals surface area contributed by atoms with Gasteiger partial charge in [-0.15, -0.1) is 0 Å². The lowest BCUT2D eigenvalue weighted by Gasteiger charge is -2.32. The highest BCUT2D eigenvalue weighted by atomic mass is 16.3. The molecule has 1 saturated carbocycles. The van der Waals surface area contributed by atoms with Crippen LogP contribution >= 0.6 is 0 Å². The predicted molar refractivity (Wildman–Crippen MR) is 92.6 cm³/mol. The normalized spacial score (nSPS) is 22.7. The van der Waals surface area contributed by atoms with Crippen molar-refractivity contribution in [2.75, 3.05) is 25.0 Å². The van der Waals surface area contributed by atoms with Crippen LogP contribution in [0.2, 0.25) is 0 Å². The molecule has 0 bridgehead atoms. The zero-order valence-corrected chi connectivity index (χ0v) is 14.0. The molecule has 1 heterocycles. The maximum atomic E-state index is 12.7. The molecular weight excluding hydrogens is 288 g/mol. The maximum Gasteiger partial charge on any atom is 0.253 e. The van der Waals surface area contributed by atoms with E-state index in [4.69, 9.17) is 0 Å². The molecule has 2 N–H and O–H groups in total. The molecule has 0 radical (unpaired) electrons. The summed E-state index contributed by atoms with van der Waals surface area (Å²) in [6, 6.07) is 8.29. The number of hydrogen-bond acceptors (Lipinski definition) is 3. The van der Waals surface area contributed by atoms with Gasteiger partial charge in [-0.1, -0.05) is 18.9 Å². The van der Waals surface area contributed by atoms with Gasteiger partial charge in [0, 0.05) is 37.0 Å². The van der Waals surface area contributed by atoms with Gasteiger partial charge in [-0.25, -0.2) is 0 Å². The van der Waals surface area contributed by atoms with E-state index in [2.05, 4.69) is 12.2 Å². The largest absolute Gasteiger partial charge is 0.396 e. The van der Waals surface area contributed by atoms with Crippen molar-refractivity contribution in [1.29, 1.82) is 0 Å². The van der Waals surface area contributed by atoms with Crippen LogP contribution in [0.3, 0.4) is 0 Å². The van der Waals surface area contributed by atoms with Crippen LogP contribution in [0, 0.1) is 11.8 Å². The number of carbonyl (C=O) groups excluding carboxylic acids is 1. The van der Waals surface area contributed by atoms with E-state index < -0.39 is 0 Å². The van der Waals surface area contributed by atoms with Gasteiger partial charge in [0.05, 0.1) is 0 Å². The Kier molecular flexibility index (Phi) is 5.21. The molecule has 2 aliphatic rings. The average Bonchev–Trinajstić information content (AvgIpc) is 3.38. The number of carbonyl (C=O) groups is 1. The summed E-state index contributed by atoms with van der Waals surface area (Å²) in [5, 5.41) is 12.9. The summed E-state index contributed by atoms with van der Waals surface area (Å²) in [6.07, 6.45) is 5.94. The number of anilines is 1. The van der Waals surface area contributed by atoms with E-state index in [9.17, 15) is 9.90 Å². The molecule has 1 aliphatic heterocycles. The Morgan fingerprint density at radius 1 is 1.35 bits per heavy atom. The number of benzene rings is 1. The second-order valence-corrected chi connectivity index (χ2v) is 7.25. The van der Waals surface area contributed by atoms with Gasteiger partial charge in [0.2, 0.25) is 0 Å². The smallest absolute Gasteiger partial charge is 0.253 e. The van der Waals surface area contributed by atoms with Gasteiger partial charge in [0.1, 0.15) is 0 Å². The van der Waals surface area contributed by atoms with E-state index in [1.54, 1.807) is 0 Å². The molecule has 126 valence electrons. The second-order valence-electron chi connectivity index (χ2n) is 7.25. The quantitative estimate of drug-likeness (QED) is 0.848. The summed E-state index contributed by atoms with van der Waals surface area (Å²) in [5.74, 6) is 1.21. The Bertz CT molecular complexity index is 542. The molecule has 1 aromatic rings. The highest BCUT2D eigenvalue weighted by molar-refractivity contribution is 5.95. The van der Waals surface area contributed by atoms with Crippen molar-refractivity contribution in [2.24, 2.45) is 11.8 Å². The molecule has 2 fully saturated rings.